The van der Waals surface area contributed by atoms with Crippen molar-refractivity contribution in [2.45, 2.75) is 96.0 Å². The summed E-state index contributed by atoms with van der Waals surface area (Å²) in [4.78, 5) is 43.6. The number of carbonyl (C=O) groups is 2. The Bertz CT molecular complexity index is 3180. The fourth-order valence-electron chi connectivity index (χ4n) is 8.63. The molecule has 22 nitrogen and oxygen atoms in total. The molecule has 0 aliphatic heterocycles. The molecule has 28 heteroatoms. The Morgan fingerprint density at radius 2 is 1.01 bits per heavy atom. The molecule has 5 N–H and O–H groups in total. The number of fused-ring (bicyclic) bond motifs is 2. The third-order valence-electron chi connectivity index (χ3n) is 11.9. The van der Waals surface area contributed by atoms with Crippen molar-refractivity contribution in [3.05, 3.63) is 57.3 Å². The number of Topliss-reactive ketones (excluding diaryl/α,β-unsaturated/α-hetero) is 2. The second kappa shape index (κ2) is 21.5. The van der Waals surface area contributed by atoms with Gasteiger partial charge < -0.3 is 20.4 Å². The van der Waals surface area contributed by atoms with Gasteiger partial charge in [0.2, 0.25) is 11.9 Å². The summed E-state index contributed by atoms with van der Waals surface area (Å²) in [6.45, 7) is 17.6. The Morgan fingerprint density at radius 1 is 0.616 bits per heavy atom. The molecule has 7 rings (SSSR count). The Hall–Kier alpha value is -5.33. The summed E-state index contributed by atoms with van der Waals surface area (Å²) >= 11 is 2.53. The van der Waals surface area contributed by atoms with Crippen molar-refractivity contribution in [1.82, 2.24) is 15.0 Å². The zero-order valence-corrected chi connectivity index (χ0v) is 46.0. The minimum absolute atomic E-state index is 0.00102. The number of hydrogen-bond donors (Lipinski definition) is 5. The number of benzene rings is 2. The van der Waals surface area contributed by atoms with Crippen LogP contribution in [-0.4, -0.2) is 103 Å². The van der Waals surface area contributed by atoms with Gasteiger partial charge in [-0.05, 0) is 98.9 Å². The maximum absolute atomic E-state index is 13.2. The van der Waals surface area contributed by atoms with Crippen LogP contribution in [0.25, 0.3) is 0 Å². The third kappa shape index (κ3) is 13.1. The first-order valence-corrected chi connectivity index (χ1v) is 30.1. The Kier molecular flexibility index (Phi) is 16.3. The van der Waals surface area contributed by atoms with Gasteiger partial charge in [-0.2, -0.15) is 40.2 Å². The van der Waals surface area contributed by atoms with Crippen LogP contribution in [0.1, 0.15) is 98.7 Å². The normalized spacial score (nSPS) is 15.7. The van der Waals surface area contributed by atoms with Gasteiger partial charge in [0.25, 0.3) is 30.4 Å². The van der Waals surface area contributed by atoms with Crippen molar-refractivity contribution in [2.75, 3.05) is 58.1 Å². The largest absolute Gasteiger partial charge is 0.372 e. The van der Waals surface area contributed by atoms with Crippen molar-refractivity contribution in [3.8, 4) is 0 Å². The van der Waals surface area contributed by atoms with Crippen LogP contribution in [-0.2, 0) is 43.2 Å². The van der Waals surface area contributed by atoms with Crippen molar-refractivity contribution >= 4 is 132 Å². The number of nitrogens with zero attached hydrogens (tertiary/aromatic N) is 9. The topological polar surface area (TPSA) is 316 Å². The molecule has 0 saturated carbocycles. The number of rotatable bonds is 20. The summed E-state index contributed by atoms with van der Waals surface area (Å²) in [5.41, 5.74) is 1.54. The second-order valence-corrected chi connectivity index (χ2v) is 26.1. The van der Waals surface area contributed by atoms with Crippen molar-refractivity contribution in [3.63, 3.8) is 0 Å². The van der Waals surface area contributed by atoms with E-state index in [2.05, 4.69) is 46.0 Å². The molecule has 2 aromatic carbocycles. The van der Waals surface area contributed by atoms with E-state index < -0.39 is 56.7 Å². The average molecular weight is 1120 g/mol. The molecule has 0 spiro atoms. The number of thioether (sulfide) groups is 1. The minimum Gasteiger partial charge on any atom is -0.372 e. The highest BCUT2D eigenvalue weighted by Gasteiger charge is 2.40. The van der Waals surface area contributed by atoms with E-state index in [9.17, 15) is 48.5 Å². The van der Waals surface area contributed by atoms with Gasteiger partial charge in [0.15, 0.2) is 26.7 Å². The number of ketones is 2. The molecule has 5 aromatic rings. The summed E-state index contributed by atoms with van der Waals surface area (Å²) in [6, 6.07) is 10.3. The first kappa shape index (κ1) is 55.4. The van der Waals surface area contributed by atoms with E-state index in [0.29, 0.717) is 26.2 Å². The van der Waals surface area contributed by atoms with E-state index in [1.807, 2.05) is 65.2 Å². The average Bonchev–Trinajstić information content (AvgIpc) is 3.84. The molecule has 2 aliphatic carbocycles. The summed E-state index contributed by atoms with van der Waals surface area (Å²) in [6.07, 6.45) is 0.754. The third-order valence-corrected chi connectivity index (χ3v) is 18.2. The zero-order valence-electron chi connectivity index (χ0n) is 41.1. The highest BCUT2D eigenvalue weighted by atomic mass is 32.2. The smallest absolute Gasteiger partial charge is 0.297 e. The molecule has 0 atom stereocenters. The van der Waals surface area contributed by atoms with E-state index in [-0.39, 0.29) is 114 Å². The molecule has 0 bridgehead atoms. The van der Waals surface area contributed by atoms with E-state index in [1.165, 1.54) is 0 Å². The Labute approximate surface area is 435 Å². The first-order valence-electron chi connectivity index (χ1n) is 22.9. The molecule has 0 amide bonds. The van der Waals surface area contributed by atoms with Crippen LogP contribution in [0.15, 0.2) is 71.8 Å². The summed E-state index contributed by atoms with van der Waals surface area (Å²) in [7, 11) is -14.1. The van der Waals surface area contributed by atoms with Gasteiger partial charge in [-0.3, -0.25) is 23.2 Å². The molecule has 73 heavy (non-hydrogen) atoms. The first-order chi connectivity index (χ1) is 34.1. The monoisotopic (exact) mass is 1120 g/mol. The number of nitrogens with one attached hydrogen (secondary N) is 2. The van der Waals surface area contributed by atoms with Gasteiger partial charge in [0, 0.05) is 56.1 Å². The van der Waals surface area contributed by atoms with Gasteiger partial charge >= 0.3 is 0 Å². The molecule has 0 unspecified atom stereocenters. The number of carbonyl (C=O) groups excluding carboxylic acids is 2. The number of hydrogen-bond acceptors (Lipinski definition) is 22. The van der Waals surface area contributed by atoms with Crippen LogP contribution < -0.4 is 20.4 Å². The number of azo groups is 2. The maximum Gasteiger partial charge on any atom is 0.297 e. The van der Waals surface area contributed by atoms with Gasteiger partial charge in [-0.25, -0.2) is 0 Å². The van der Waals surface area contributed by atoms with Crippen LogP contribution in [0.2, 0.25) is 0 Å². The fourth-order valence-corrected chi connectivity index (χ4v) is 14.7. The van der Waals surface area contributed by atoms with Gasteiger partial charge in [-0.15, -0.1) is 43.1 Å². The van der Waals surface area contributed by atoms with Gasteiger partial charge in [0.05, 0.1) is 26.9 Å². The fraction of sp³-hybridized carbons (Fsp3) is 0.444. The van der Waals surface area contributed by atoms with Crippen LogP contribution in [0.4, 0.5) is 56.0 Å². The SMILES string of the molecule is CCN(CC)c1ccc(/N=N/c2sc3c(c2S(=O)(=O)O)CC(C)(C)CC3=O)c(Nc2nc(Nc3cc(N(CC)CC)ccc3/N=N/c3sc4c(c3S(=O)(=O)O)CC(C)(C)CC4=O)nc(SCCS(=O)(=O)O)n2)c1. The lowest BCUT2D eigenvalue weighted by Crippen LogP contribution is -2.26. The molecule has 2 aliphatic rings. The maximum atomic E-state index is 13.2. The van der Waals surface area contributed by atoms with Gasteiger partial charge in [-0.1, -0.05) is 39.5 Å². The van der Waals surface area contributed by atoms with Crippen molar-refractivity contribution < 1.29 is 48.5 Å². The Morgan fingerprint density at radius 3 is 1.37 bits per heavy atom. The highest BCUT2D eigenvalue weighted by molar-refractivity contribution is 8.00. The molecular formula is C45H55N11O11S6. The molecule has 0 saturated heterocycles. The lowest BCUT2D eigenvalue weighted by Gasteiger charge is -2.28. The summed E-state index contributed by atoms with van der Waals surface area (Å²) in [5, 5.41) is 23.4. The van der Waals surface area contributed by atoms with Crippen molar-refractivity contribution in [1.29, 1.82) is 0 Å². The lowest BCUT2D eigenvalue weighted by molar-refractivity contribution is 0.0907. The molecule has 3 heterocycles. The van der Waals surface area contributed by atoms with Crippen LogP contribution >= 0.6 is 34.4 Å². The van der Waals surface area contributed by atoms with Crippen LogP contribution in [0.3, 0.4) is 0 Å². The lowest BCUT2D eigenvalue weighted by atomic mass is 9.76. The van der Waals surface area contributed by atoms with Crippen molar-refractivity contribution in [2.24, 2.45) is 31.3 Å². The molecular weight excluding hydrogens is 1060 g/mol. The predicted molar refractivity (Wildman–Crippen MR) is 283 cm³/mol. The Balaban J connectivity index is 1.33. The van der Waals surface area contributed by atoms with Crippen LogP contribution in [0.5, 0.6) is 0 Å². The number of anilines is 6. The number of thiophene rings is 2. The predicted octanol–water partition coefficient (Wildman–Crippen LogP) is 10.8. The van der Waals surface area contributed by atoms with E-state index in [4.69, 9.17) is 0 Å². The molecule has 0 radical (unpaired) electrons. The summed E-state index contributed by atoms with van der Waals surface area (Å²) in [5.74, 6) is -1.56. The molecule has 0 fully saturated rings. The van der Waals surface area contributed by atoms with E-state index in [1.54, 1.807) is 36.4 Å². The zero-order chi connectivity index (χ0) is 53.4. The van der Waals surface area contributed by atoms with E-state index >= 15 is 0 Å². The molecule has 392 valence electrons. The van der Waals surface area contributed by atoms with E-state index in [0.717, 1.165) is 45.8 Å². The molecule has 3 aromatic heterocycles. The second-order valence-electron chi connectivity index (χ2n) is 18.7. The van der Waals surface area contributed by atoms with Gasteiger partial charge in [0.1, 0.15) is 21.2 Å². The summed E-state index contributed by atoms with van der Waals surface area (Å²) < 4.78 is 105. The highest BCUT2D eigenvalue weighted by Crippen LogP contribution is 2.49. The quantitative estimate of drug-likeness (QED) is 0.0275. The standard InChI is InChI=1S/C45H55N11O11S6/c1-9-55(10-2)25-13-15-29(51-53-39-37(72(62,63)64)27-21-44(5,6)23-33(57)35(27)69-39)31(19-25)46-41-48-42(50-43(49-41)68-17-18-71(59,60)61)47-32-20-26(56(11-3)12-4)14-16-30(32)52-54-40-38(73(65,66)67)28-22-45(7,8)24-34(58)36(28)70-40/h13-16,19-20H,9-12,17-18,21-24H2,1-8H3,(H,59,60,61)(H,62,63,64)(H,65,66,67)(H2,46,47,48,49,50)/b53-51+,54-52+. The minimum atomic E-state index is -4.86. The number of aromatic nitrogens is 3. The van der Waals surface area contributed by atoms with Crippen LogP contribution in [0, 0.1) is 10.8 Å².